The van der Waals surface area contributed by atoms with Crippen LogP contribution < -0.4 is 4.74 Å². The summed E-state index contributed by atoms with van der Waals surface area (Å²) in [4.78, 5) is 13.3. The Balaban J connectivity index is 2.81. The highest BCUT2D eigenvalue weighted by Gasteiger charge is 2.27. The van der Waals surface area contributed by atoms with Gasteiger partial charge in [0.05, 0.1) is 7.11 Å². The molecule has 0 aromatic heterocycles. The molecule has 1 N–H and O–H groups in total. The van der Waals surface area contributed by atoms with Crippen molar-refractivity contribution in [3.8, 4) is 5.75 Å². The summed E-state index contributed by atoms with van der Waals surface area (Å²) in [6, 6.07) is 7.51. The van der Waals surface area contributed by atoms with Crippen molar-refractivity contribution in [1.82, 2.24) is 4.90 Å². The number of hydrogen-bond acceptors (Lipinski definition) is 3. The SMILES string of the molecule is COc1ccccc1CN(C)C(=O)C(C)(C)O. The second kappa shape index (κ2) is 5.19. The molecule has 1 aromatic rings. The van der Waals surface area contributed by atoms with Gasteiger partial charge in [-0.2, -0.15) is 0 Å². The summed E-state index contributed by atoms with van der Waals surface area (Å²) in [6.07, 6.45) is 0. The summed E-state index contributed by atoms with van der Waals surface area (Å²) < 4.78 is 5.21. The third-order valence-electron chi connectivity index (χ3n) is 2.47. The first-order chi connectivity index (χ1) is 7.86. The number of nitrogens with zero attached hydrogens (tertiary/aromatic N) is 1. The topological polar surface area (TPSA) is 49.8 Å². The maximum Gasteiger partial charge on any atom is 0.253 e. The van der Waals surface area contributed by atoms with E-state index < -0.39 is 5.60 Å². The van der Waals surface area contributed by atoms with E-state index in [2.05, 4.69) is 0 Å². The number of carbonyl (C=O) groups is 1. The van der Waals surface area contributed by atoms with E-state index >= 15 is 0 Å². The lowest BCUT2D eigenvalue weighted by molar-refractivity contribution is -0.147. The van der Waals surface area contributed by atoms with Crippen molar-refractivity contribution < 1.29 is 14.6 Å². The number of para-hydroxylation sites is 1. The van der Waals surface area contributed by atoms with Crippen LogP contribution in [0.1, 0.15) is 19.4 Å². The van der Waals surface area contributed by atoms with Gasteiger partial charge >= 0.3 is 0 Å². The maximum absolute atomic E-state index is 11.8. The zero-order valence-electron chi connectivity index (χ0n) is 10.7. The van der Waals surface area contributed by atoms with Crippen LogP contribution in [0.5, 0.6) is 5.75 Å². The summed E-state index contributed by atoms with van der Waals surface area (Å²) in [5, 5.41) is 9.64. The molecule has 0 spiro atoms. The Kier molecular flexibility index (Phi) is 4.12. The molecular weight excluding hydrogens is 218 g/mol. The van der Waals surface area contributed by atoms with Gasteiger partial charge in [-0.3, -0.25) is 4.79 Å². The number of aliphatic hydroxyl groups is 1. The minimum atomic E-state index is -1.35. The molecule has 0 atom stereocenters. The van der Waals surface area contributed by atoms with Crippen LogP contribution in [0.4, 0.5) is 0 Å². The van der Waals surface area contributed by atoms with Crippen molar-refractivity contribution in [2.75, 3.05) is 14.2 Å². The smallest absolute Gasteiger partial charge is 0.253 e. The van der Waals surface area contributed by atoms with Gasteiger partial charge in [0, 0.05) is 19.2 Å². The standard InChI is InChI=1S/C13H19NO3/c1-13(2,16)12(15)14(3)9-10-7-5-6-8-11(10)17-4/h5-8,16H,9H2,1-4H3. The van der Waals surface area contributed by atoms with Crippen molar-refractivity contribution in [2.45, 2.75) is 26.0 Å². The van der Waals surface area contributed by atoms with Crippen LogP contribution >= 0.6 is 0 Å². The number of hydrogen-bond donors (Lipinski definition) is 1. The molecule has 4 heteroatoms. The Morgan fingerprint density at radius 3 is 2.53 bits per heavy atom. The van der Waals surface area contributed by atoms with Crippen molar-refractivity contribution >= 4 is 5.91 Å². The molecule has 0 heterocycles. The second-order valence-corrected chi connectivity index (χ2v) is 4.53. The normalized spacial score (nSPS) is 11.1. The molecule has 4 nitrogen and oxygen atoms in total. The Labute approximate surface area is 102 Å². The predicted octanol–water partition coefficient (Wildman–Crippen LogP) is 1.42. The number of methoxy groups -OCH3 is 1. The van der Waals surface area contributed by atoms with Gasteiger partial charge < -0.3 is 14.7 Å². The van der Waals surface area contributed by atoms with E-state index in [0.717, 1.165) is 11.3 Å². The molecule has 0 saturated carbocycles. The van der Waals surface area contributed by atoms with Crippen LogP contribution in [0.15, 0.2) is 24.3 Å². The van der Waals surface area contributed by atoms with Gasteiger partial charge in [0.1, 0.15) is 11.4 Å². The summed E-state index contributed by atoms with van der Waals surface area (Å²) in [5.74, 6) is 0.423. The number of likely N-dealkylation sites (N-methyl/N-ethyl adjacent to an activating group) is 1. The number of amides is 1. The Hall–Kier alpha value is -1.55. The van der Waals surface area contributed by atoms with Crippen LogP contribution in [0.25, 0.3) is 0 Å². The average Bonchev–Trinajstić information content (AvgIpc) is 2.27. The fourth-order valence-electron chi connectivity index (χ4n) is 1.63. The van der Waals surface area contributed by atoms with Crippen LogP contribution in [0.3, 0.4) is 0 Å². The molecule has 17 heavy (non-hydrogen) atoms. The number of rotatable bonds is 4. The average molecular weight is 237 g/mol. The third-order valence-corrected chi connectivity index (χ3v) is 2.47. The molecule has 0 saturated heterocycles. The second-order valence-electron chi connectivity index (χ2n) is 4.53. The quantitative estimate of drug-likeness (QED) is 0.861. The van der Waals surface area contributed by atoms with Crippen molar-refractivity contribution in [1.29, 1.82) is 0 Å². The fraction of sp³-hybridized carbons (Fsp3) is 0.462. The van der Waals surface area contributed by atoms with Gasteiger partial charge in [-0.15, -0.1) is 0 Å². The minimum absolute atomic E-state index is 0.316. The van der Waals surface area contributed by atoms with E-state index in [4.69, 9.17) is 4.74 Å². The molecule has 94 valence electrons. The Morgan fingerprint density at radius 1 is 1.41 bits per heavy atom. The number of benzene rings is 1. The molecule has 0 radical (unpaired) electrons. The zero-order valence-corrected chi connectivity index (χ0v) is 10.7. The fourth-order valence-corrected chi connectivity index (χ4v) is 1.63. The van der Waals surface area contributed by atoms with Gasteiger partial charge in [-0.1, -0.05) is 18.2 Å². The molecule has 0 aliphatic carbocycles. The molecule has 0 unspecified atom stereocenters. The van der Waals surface area contributed by atoms with Gasteiger partial charge in [0.25, 0.3) is 5.91 Å². The van der Waals surface area contributed by atoms with Crippen LogP contribution in [-0.4, -0.2) is 35.7 Å². The largest absolute Gasteiger partial charge is 0.496 e. The molecule has 0 bridgehead atoms. The maximum atomic E-state index is 11.8. The monoisotopic (exact) mass is 237 g/mol. The van der Waals surface area contributed by atoms with Crippen LogP contribution in [0.2, 0.25) is 0 Å². The van der Waals surface area contributed by atoms with Crippen LogP contribution in [0, 0.1) is 0 Å². The van der Waals surface area contributed by atoms with Gasteiger partial charge in [-0.05, 0) is 19.9 Å². The van der Waals surface area contributed by atoms with Gasteiger partial charge in [0.2, 0.25) is 0 Å². The van der Waals surface area contributed by atoms with Crippen molar-refractivity contribution in [2.24, 2.45) is 0 Å². The predicted molar refractivity (Wildman–Crippen MR) is 65.8 cm³/mol. The first kappa shape index (κ1) is 13.5. The Morgan fingerprint density at radius 2 is 2.00 bits per heavy atom. The van der Waals surface area contributed by atoms with Gasteiger partial charge in [-0.25, -0.2) is 0 Å². The highest BCUT2D eigenvalue weighted by molar-refractivity contribution is 5.83. The molecule has 0 fully saturated rings. The van der Waals surface area contributed by atoms with Crippen molar-refractivity contribution in [3.63, 3.8) is 0 Å². The molecule has 0 aliphatic rings. The van der Waals surface area contributed by atoms with E-state index in [1.807, 2.05) is 24.3 Å². The summed E-state index contributed by atoms with van der Waals surface area (Å²) in [7, 11) is 3.25. The molecular formula is C13H19NO3. The number of carbonyl (C=O) groups excluding carboxylic acids is 1. The third kappa shape index (κ3) is 3.46. The summed E-state index contributed by atoms with van der Waals surface area (Å²) in [5.41, 5.74) is -0.438. The van der Waals surface area contributed by atoms with E-state index in [1.165, 1.54) is 18.7 Å². The molecule has 1 aromatic carbocycles. The van der Waals surface area contributed by atoms with Crippen LogP contribution in [-0.2, 0) is 11.3 Å². The van der Waals surface area contributed by atoms with Gasteiger partial charge in [0.15, 0.2) is 0 Å². The lowest BCUT2D eigenvalue weighted by Gasteiger charge is -2.25. The molecule has 1 rings (SSSR count). The van der Waals surface area contributed by atoms with E-state index in [1.54, 1.807) is 14.2 Å². The zero-order chi connectivity index (χ0) is 13.1. The molecule has 0 aliphatic heterocycles. The van der Waals surface area contributed by atoms with E-state index in [0.29, 0.717) is 6.54 Å². The Bertz CT molecular complexity index is 396. The summed E-state index contributed by atoms with van der Waals surface area (Å²) in [6.45, 7) is 3.37. The lowest BCUT2D eigenvalue weighted by Crippen LogP contribution is -2.42. The highest BCUT2D eigenvalue weighted by atomic mass is 16.5. The van der Waals surface area contributed by atoms with E-state index in [9.17, 15) is 9.90 Å². The lowest BCUT2D eigenvalue weighted by atomic mass is 10.1. The van der Waals surface area contributed by atoms with Crippen molar-refractivity contribution in [3.05, 3.63) is 29.8 Å². The first-order valence-corrected chi connectivity index (χ1v) is 5.46. The van der Waals surface area contributed by atoms with E-state index in [-0.39, 0.29) is 5.91 Å². The number of ether oxygens (including phenoxy) is 1. The minimum Gasteiger partial charge on any atom is -0.496 e. The highest BCUT2D eigenvalue weighted by Crippen LogP contribution is 2.19. The summed E-state index contributed by atoms with van der Waals surface area (Å²) >= 11 is 0. The molecule has 1 amide bonds. The first-order valence-electron chi connectivity index (χ1n) is 5.46.